The highest BCUT2D eigenvalue weighted by Crippen LogP contribution is 2.16. The monoisotopic (exact) mass is 264 g/mol. The van der Waals surface area contributed by atoms with Crippen LogP contribution in [0, 0.1) is 12.7 Å². The molecule has 1 aromatic carbocycles. The first-order valence-electron chi connectivity index (χ1n) is 5.60. The fourth-order valence-electron chi connectivity index (χ4n) is 1.54. The molecule has 2 rings (SSSR count). The average Bonchev–Trinajstić information content (AvgIpc) is 2.72. The molecule has 0 aliphatic heterocycles. The van der Waals surface area contributed by atoms with Crippen LogP contribution in [0.1, 0.15) is 16.9 Å². The quantitative estimate of drug-likeness (QED) is 0.921. The number of hydrogen-bond acceptors (Lipinski definition) is 3. The molecule has 1 heterocycles. The Balaban J connectivity index is 1.85. The van der Waals surface area contributed by atoms with E-state index in [0.717, 1.165) is 10.4 Å². The molecule has 0 spiro atoms. The molecule has 0 radical (unpaired) electrons. The zero-order chi connectivity index (χ0) is 13.0. The Labute approximate surface area is 109 Å². The number of halogens is 1. The maximum Gasteiger partial charge on any atom is 0.226 e. The molecule has 0 aliphatic carbocycles. The molecular formula is C13H13FN2OS. The van der Waals surface area contributed by atoms with Gasteiger partial charge in [-0.3, -0.25) is 4.79 Å². The van der Waals surface area contributed by atoms with Gasteiger partial charge in [-0.25, -0.2) is 9.37 Å². The average molecular weight is 264 g/mol. The van der Waals surface area contributed by atoms with E-state index in [0.29, 0.717) is 18.0 Å². The number of anilines is 1. The standard InChI is InChI=1S/C13H13FN2OS/c1-9-8-15-13(18-9)16-12(17)6-5-10-3-2-4-11(14)7-10/h2-4,7-8H,5-6H2,1H3,(H,15,16,17). The lowest BCUT2D eigenvalue weighted by molar-refractivity contribution is -0.116. The summed E-state index contributed by atoms with van der Waals surface area (Å²) in [4.78, 5) is 16.7. The van der Waals surface area contributed by atoms with Crippen molar-refractivity contribution < 1.29 is 9.18 Å². The fraction of sp³-hybridized carbons (Fsp3) is 0.231. The zero-order valence-electron chi connectivity index (χ0n) is 9.94. The van der Waals surface area contributed by atoms with Crippen molar-refractivity contribution in [2.45, 2.75) is 19.8 Å². The number of aryl methyl sites for hydroxylation is 2. The largest absolute Gasteiger partial charge is 0.302 e. The summed E-state index contributed by atoms with van der Waals surface area (Å²) in [5.74, 6) is -0.378. The third kappa shape index (κ3) is 3.63. The molecule has 0 bridgehead atoms. The summed E-state index contributed by atoms with van der Waals surface area (Å²) in [6, 6.07) is 6.29. The van der Waals surface area contributed by atoms with Gasteiger partial charge in [0.05, 0.1) is 0 Å². The Kier molecular flexibility index (Phi) is 4.04. The van der Waals surface area contributed by atoms with Crippen molar-refractivity contribution >= 4 is 22.4 Å². The van der Waals surface area contributed by atoms with Crippen LogP contribution in [0.3, 0.4) is 0 Å². The summed E-state index contributed by atoms with van der Waals surface area (Å²) in [6.07, 6.45) is 2.56. The smallest absolute Gasteiger partial charge is 0.226 e. The van der Waals surface area contributed by atoms with Crippen molar-refractivity contribution in [3.8, 4) is 0 Å². The molecule has 3 nitrogen and oxygen atoms in total. The van der Waals surface area contributed by atoms with Gasteiger partial charge < -0.3 is 5.32 Å². The first kappa shape index (κ1) is 12.7. The molecule has 0 atom stereocenters. The topological polar surface area (TPSA) is 42.0 Å². The van der Waals surface area contributed by atoms with Crippen LogP contribution >= 0.6 is 11.3 Å². The molecule has 18 heavy (non-hydrogen) atoms. The molecule has 0 unspecified atom stereocenters. The maximum absolute atomic E-state index is 12.9. The second kappa shape index (κ2) is 5.73. The minimum Gasteiger partial charge on any atom is -0.302 e. The third-order valence-corrected chi connectivity index (χ3v) is 3.23. The van der Waals surface area contributed by atoms with Crippen molar-refractivity contribution in [1.29, 1.82) is 0 Å². The van der Waals surface area contributed by atoms with Gasteiger partial charge in [0.2, 0.25) is 5.91 Å². The van der Waals surface area contributed by atoms with Crippen LogP contribution in [0.2, 0.25) is 0 Å². The van der Waals surface area contributed by atoms with Crippen LogP contribution in [0.15, 0.2) is 30.5 Å². The van der Waals surface area contributed by atoms with Crippen molar-refractivity contribution in [3.05, 3.63) is 46.7 Å². The fourth-order valence-corrected chi connectivity index (χ4v) is 2.23. The van der Waals surface area contributed by atoms with Gasteiger partial charge in [0.1, 0.15) is 5.82 Å². The number of amides is 1. The maximum atomic E-state index is 12.9. The Morgan fingerprint density at radius 1 is 1.50 bits per heavy atom. The summed E-state index contributed by atoms with van der Waals surface area (Å²) in [5, 5.41) is 3.33. The van der Waals surface area contributed by atoms with Crippen LogP contribution in [0.25, 0.3) is 0 Å². The van der Waals surface area contributed by atoms with Gasteiger partial charge in [-0.1, -0.05) is 12.1 Å². The summed E-state index contributed by atoms with van der Waals surface area (Å²) < 4.78 is 12.9. The van der Waals surface area contributed by atoms with E-state index in [9.17, 15) is 9.18 Å². The van der Waals surface area contributed by atoms with Crippen molar-refractivity contribution in [1.82, 2.24) is 4.98 Å². The molecule has 0 saturated carbocycles. The summed E-state index contributed by atoms with van der Waals surface area (Å²) in [5.41, 5.74) is 0.820. The predicted molar refractivity (Wildman–Crippen MR) is 70.2 cm³/mol. The van der Waals surface area contributed by atoms with Gasteiger partial charge in [0.15, 0.2) is 5.13 Å². The van der Waals surface area contributed by atoms with Crippen molar-refractivity contribution in [3.63, 3.8) is 0 Å². The first-order valence-corrected chi connectivity index (χ1v) is 6.42. The van der Waals surface area contributed by atoms with E-state index in [4.69, 9.17) is 0 Å². The number of hydrogen-bond donors (Lipinski definition) is 1. The van der Waals surface area contributed by atoms with E-state index in [1.54, 1.807) is 12.3 Å². The predicted octanol–water partition coefficient (Wildman–Crippen LogP) is 3.16. The van der Waals surface area contributed by atoms with Gasteiger partial charge in [-0.05, 0) is 31.0 Å². The minimum absolute atomic E-state index is 0.103. The number of carbonyl (C=O) groups is 1. The molecule has 1 aromatic heterocycles. The summed E-state index contributed by atoms with van der Waals surface area (Å²) in [7, 11) is 0. The second-order valence-corrected chi connectivity index (χ2v) is 5.19. The summed E-state index contributed by atoms with van der Waals surface area (Å²) in [6.45, 7) is 1.93. The second-order valence-electron chi connectivity index (χ2n) is 3.95. The number of carbonyl (C=O) groups excluding carboxylic acids is 1. The minimum atomic E-state index is -0.275. The number of thiazole rings is 1. The third-order valence-electron chi connectivity index (χ3n) is 2.40. The number of rotatable bonds is 4. The molecule has 1 N–H and O–H groups in total. The van der Waals surface area contributed by atoms with Crippen LogP contribution < -0.4 is 5.32 Å². The number of nitrogens with zero attached hydrogens (tertiary/aromatic N) is 1. The Morgan fingerprint density at radius 2 is 2.33 bits per heavy atom. The van der Waals surface area contributed by atoms with Crippen molar-refractivity contribution in [2.24, 2.45) is 0 Å². The van der Waals surface area contributed by atoms with E-state index in [-0.39, 0.29) is 11.7 Å². The van der Waals surface area contributed by atoms with E-state index >= 15 is 0 Å². The Morgan fingerprint density at radius 3 is 3.00 bits per heavy atom. The van der Waals surface area contributed by atoms with Gasteiger partial charge in [0.25, 0.3) is 0 Å². The molecule has 0 saturated heterocycles. The van der Waals surface area contributed by atoms with E-state index in [2.05, 4.69) is 10.3 Å². The highest BCUT2D eigenvalue weighted by atomic mass is 32.1. The van der Waals surface area contributed by atoms with Crippen LogP contribution in [-0.4, -0.2) is 10.9 Å². The molecule has 5 heteroatoms. The lowest BCUT2D eigenvalue weighted by atomic mass is 10.1. The van der Waals surface area contributed by atoms with Crippen LogP contribution in [0.5, 0.6) is 0 Å². The normalized spacial score (nSPS) is 10.3. The molecule has 0 aliphatic rings. The molecule has 2 aromatic rings. The van der Waals surface area contributed by atoms with E-state index < -0.39 is 0 Å². The lowest BCUT2D eigenvalue weighted by Gasteiger charge is -2.02. The SMILES string of the molecule is Cc1cnc(NC(=O)CCc2cccc(F)c2)s1. The zero-order valence-corrected chi connectivity index (χ0v) is 10.8. The molecule has 0 fully saturated rings. The highest BCUT2D eigenvalue weighted by Gasteiger charge is 2.06. The molecule has 94 valence electrons. The van der Waals surface area contributed by atoms with Gasteiger partial charge >= 0.3 is 0 Å². The van der Waals surface area contributed by atoms with Crippen LogP contribution in [0.4, 0.5) is 9.52 Å². The van der Waals surface area contributed by atoms with Gasteiger partial charge in [0, 0.05) is 17.5 Å². The van der Waals surface area contributed by atoms with E-state index in [1.807, 2.05) is 13.0 Å². The Bertz CT molecular complexity index is 553. The summed E-state index contributed by atoms with van der Waals surface area (Å²) >= 11 is 1.44. The van der Waals surface area contributed by atoms with Gasteiger partial charge in [-0.15, -0.1) is 11.3 Å². The lowest BCUT2D eigenvalue weighted by Crippen LogP contribution is -2.12. The number of nitrogens with one attached hydrogen (secondary N) is 1. The number of benzene rings is 1. The number of aromatic nitrogens is 1. The molecule has 1 amide bonds. The molecular weight excluding hydrogens is 251 g/mol. The Hall–Kier alpha value is -1.75. The van der Waals surface area contributed by atoms with Crippen LogP contribution in [-0.2, 0) is 11.2 Å². The van der Waals surface area contributed by atoms with Crippen molar-refractivity contribution in [2.75, 3.05) is 5.32 Å². The van der Waals surface area contributed by atoms with E-state index in [1.165, 1.54) is 23.5 Å². The first-order chi connectivity index (χ1) is 8.63. The van der Waals surface area contributed by atoms with Gasteiger partial charge in [-0.2, -0.15) is 0 Å². The highest BCUT2D eigenvalue weighted by molar-refractivity contribution is 7.15.